The van der Waals surface area contributed by atoms with Crippen LogP contribution in [0.5, 0.6) is 0 Å². The van der Waals surface area contributed by atoms with Gasteiger partial charge in [-0.3, -0.25) is 9.59 Å². The maximum Gasteiger partial charge on any atom is 0.311 e. The molecule has 0 fully saturated rings. The molecule has 0 atom stereocenters. The molecular formula is C13H15N3O2. The van der Waals surface area contributed by atoms with E-state index in [9.17, 15) is 9.59 Å². The molecule has 1 aromatic rings. The highest BCUT2D eigenvalue weighted by Gasteiger charge is 2.17. The van der Waals surface area contributed by atoms with Gasteiger partial charge in [-0.2, -0.15) is 5.26 Å². The van der Waals surface area contributed by atoms with Gasteiger partial charge in [-0.25, -0.2) is 0 Å². The van der Waals surface area contributed by atoms with E-state index >= 15 is 0 Å². The first-order valence-corrected chi connectivity index (χ1v) is 5.50. The number of aryl methyl sites for hydroxylation is 1. The molecule has 0 saturated carbocycles. The van der Waals surface area contributed by atoms with Gasteiger partial charge in [0.05, 0.1) is 6.07 Å². The molecule has 0 radical (unpaired) electrons. The fourth-order valence-corrected chi connectivity index (χ4v) is 1.41. The van der Waals surface area contributed by atoms with Crippen LogP contribution in [-0.2, 0) is 16.1 Å². The Hall–Kier alpha value is -2.35. The second kappa shape index (κ2) is 6.40. The summed E-state index contributed by atoms with van der Waals surface area (Å²) in [6.45, 7) is 2.18. The zero-order chi connectivity index (χ0) is 13.5. The number of hydrogen-bond acceptors (Lipinski definition) is 3. The summed E-state index contributed by atoms with van der Waals surface area (Å²) in [7, 11) is 1.55. The van der Waals surface area contributed by atoms with Crippen molar-refractivity contribution in [3.05, 3.63) is 35.4 Å². The van der Waals surface area contributed by atoms with Crippen LogP contribution >= 0.6 is 0 Å². The topological polar surface area (TPSA) is 73.2 Å². The summed E-state index contributed by atoms with van der Waals surface area (Å²) in [5, 5.41) is 10.5. The van der Waals surface area contributed by atoms with Crippen LogP contribution in [0.1, 0.15) is 11.1 Å². The number of nitrogens with zero attached hydrogens (tertiary/aromatic N) is 2. The van der Waals surface area contributed by atoms with Gasteiger partial charge in [0.2, 0.25) is 0 Å². The smallest absolute Gasteiger partial charge is 0.311 e. The summed E-state index contributed by atoms with van der Waals surface area (Å²) >= 11 is 0. The van der Waals surface area contributed by atoms with Crippen LogP contribution in [0.2, 0.25) is 0 Å². The first-order valence-electron chi connectivity index (χ1n) is 5.50. The normalized spacial score (nSPS) is 9.39. The van der Waals surface area contributed by atoms with E-state index in [1.807, 2.05) is 31.2 Å². The second-order valence-corrected chi connectivity index (χ2v) is 3.99. The molecule has 2 amide bonds. The number of hydrogen-bond donors (Lipinski definition) is 1. The largest absolute Gasteiger partial charge is 0.335 e. The molecule has 0 saturated heterocycles. The third-order valence-electron chi connectivity index (χ3n) is 2.41. The molecule has 5 heteroatoms. The molecule has 0 aliphatic carbocycles. The molecule has 0 aromatic heterocycles. The van der Waals surface area contributed by atoms with Crippen molar-refractivity contribution in [2.75, 3.05) is 13.6 Å². The van der Waals surface area contributed by atoms with Gasteiger partial charge >= 0.3 is 11.8 Å². The molecule has 0 unspecified atom stereocenters. The number of benzene rings is 1. The van der Waals surface area contributed by atoms with Gasteiger partial charge in [-0.15, -0.1) is 0 Å². The van der Waals surface area contributed by atoms with Gasteiger partial charge in [-0.1, -0.05) is 29.8 Å². The molecule has 1 aromatic carbocycles. The Morgan fingerprint density at radius 1 is 1.33 bits per heavy atom. The zero-order valence-electron chi connectivity index (χ0n) is 10.4. The van der Waals surface area contributed by atoms with Crippen molar-refractivity contribution >= 4 is 11.8 Å². The van der Waals surface area contributed by atoms with Gasteiger partial charge < -0.3 is 10.2 Å². The summed E-state index contributed by atoms with van der Waals surface area (Å²) in [6, 6.07) is 9.46. The van der Waals surface area contributed by atoms with Crippen LogP contribution in [0.25, 0.3) is 0 Å². The molecular weight excluding hydrogens is 230 g/mol. The Kier molecular flexibility index (Phi) is 4.88. The lowest BCUT2D eigenvalue weighted by atomic mass is 10.1. The highest BCUT2D eigenvalue weighted by Crippen LogP contribution is 2.05. The molecule has 94 valence electrons. The van der Waals surface area contributed by atoms with Crippen molar-refractivity contribution in [1.29, 1.82) is 5.26 Å². The number of nitriles is 1. The minimum Gasteiger partial charge on any atom is -0.335 e. The van der Waals surface area contributed by atoms with Crippen LogP contribution in [0.15, 0.2) is 24.3 Å². The van der Waals surface area contributed by atoms with E-state index < -0.39 is 11.8 Å². The van der Waals surface area contributed by atoms with Gasteiger partial charge in [0.1, 0.15) is 6.54 Å². The van der Waals surface area contributed by atoms with Crippen molar-refractivity contribution in [1.82, 2.24) is 10.2 Å². The third-order valence-corrected chi connectivity index (χ3v) is 2.41. The molecule has 18 heavy (non-hydrogen) atoms. The maximum absolute atomic E-state index is 11.6. The van der Waals surface area contributed by atoms with E-state index in [0.717, 1.165) is 11.1 Å². The zero-order valence-corrected chi connectivity index (χ0v) is 10.4. The predicted octanol–water partition coefficient (Wildman–Crippen LogP) is 0.593. The summed E-state index contributed by atoms with van der Waals surface area (Å²) < 4.78 is 0. The van der Waals surface area contributed by atoms with E-state index in [-0.39, 0.29) is 6.54 Å². The SMILES string of the molecule is Cc1ccc(CN(C)C(=O)C(=O)NCC#N)cc1. The lowest BCUT2D eigenvalue weighted by molar-refractivity contribution is -0.145. The number of nitrogens with one attached hydrogen (secondary N) is 1. The predicted molar refractivity (Wildman–Crippen MR) is 66.3 cm³/mol. The van der Waals surface area contributed by atoms with E-state index in [2.05, 4.69) is 5.32 Å². The lowest BCUT2D eigenvalue weighted by Crippen LogP contribution is -2.40. The van der Waals surface area contributed by atoms with E-state index in [0.29, 0.717) is 6.54 Å². The molecule has 1 rings (SSSR count). The highest BCUT2D eigenvalue weighted by molar-refractivity contribution is 6.34. The van der Waals surface area contributed by atoms with E-state index in [1.165, 1.54) is 4.90 Å². The standard InChI is InChI=1S/C13H15N3O2/c1-10-3-5-11(6-4-10)9-16(2)13(18)12(17)15-8-7-14/h3-6H,8-9H2,1-2H3,(H,15,17). The van der Waals surface area contributed by atoms with Crippen LogP contribution in [-0.4, -0.2) is 30.3 Å². The molecule has 0 heterocycles. The number of likely N-dealkylation sites (N-methyl/N-ethyl adjacent to an activating group) is 1. The molecule has 0 aliphatic rings. The van der Waals surface area contributed by atoms with Gasteiger partial charge in [0.15, 0.2) is 0 Å². The first-order chi connectivity index (χ1) is 8.54. The number of amides is 2. The Morgan fingerprint density at radius 2 is 1.94 bits per heavy atom. The lowest BCUT2D eigenvalue weighted by Gasteiger charge is -2.16. The molecule has 0 bridgehead atoms. The summed E-state index contributed by atoms with van der Waals surface area (Å²) in [6.07, 6.45) is 0. The highest BCUT2D eigenvalue weighted by atomic mass is 16.2. The average Bonchev–Trinajstić information content (AvgIpc) is 2.37. The summed E-state index contributed by atoms with van der Waals surface area (Å²) in [5.41, 5.74) is 2.09. The monoisotopic (exact) mass is 245 g/mol. The Bertz CT molecular complexity index is 474. The average molecular weight is 245 g/mol. The van der Waals surface area contributed by atoms with Gasteiger partial charge in [0.25, 0.3) is 0 Å². The van der Waals surface area contributed by atoms with Crippen LogP contribution in [0, 0.1) is 18.3 Å². The van der Waals surface area contributed by atoms with Gasteiger partial charge in [0, 0.05) is 13.6 Å². The van der Waals surface area contributed by atoms with E-state index in [1.54, 1.807) is 13.1 Å². The first kappa shape index (κ1) is 13.7. The van der Waals surface area contributed by atoms with Crippen molar-refractivity contribution in [3.8, 4) is 6.07 Å². The Morgan fingerprint density at radius 3 is 2.50 bits per heavy atom. The molecule has 0 spiro atoms. The number of rotatable bonds is 3. The minimum atomic E-state index is -0.758. The van der Waals surface area contributed by atoms with Crippen LogP contribution in [0.3, 0.4) is 0 Å². The Balaban J connectivity index is 2.57. The van der Waals surface area contributed by atoms with E-state index in [4.69, 9.17) is 5.26 Å². The minimum absolute atomic E-state index is 0.164. The van der Waals surface area contributed by atoms with Crippen LogP contribution < -0.4 is 5.32 Å². The maximum atomic E-state index is 11.6. The Labute approximate surface area is 106 Å². The summed E-state index contributed by atoms with van der Waals surface area (Å²) in [5.74, 6) is -1.41. The molecule has 5 nitrogen and oxygen atoms in total. The third kappa shape index (κ3) is 3.91. The van der Waals surface area contributed by atoms with Crippen molar-refractivity contribution in [2.45, 2.75) is 13.5 Å². The van der Waals surface area contributed by atoms with Crippen LogP contribution in [0.4, 0.5) is 0 Å². The second-order valence-electron chi connectivity index (χ2n) is 3.99. The fraction of sp³-hybridized carbons (Fsp3) is 0.308. The number of carbonyl (C=O) groups excluding carboxylic acids is 2. The van der Waals surface area contributed by atoms with Crippen molar-refractivity contribution in [2.24, 2.45) is 0 Å². The van der Waals surface area contributed by atoms with Crippen molar-refractivity contribution < 1.29 is 9.59 Å². The fourth-order valence-electron chi connectivity index (χ4n) is 1.41. The van der Waals surface area contributed by atoms with Gasteiger partial charge in [-0.05, 0) is 12.5 Å². The quantitative estimate of drug-likeness (QED) is 0.625. The summed E-state index contributed by atoms with van der Waals surface area (Å²) in [4.78, 5) is 24.3. The molecule has 1 N–H and O–H groups in total. The van der Waals surface area contributed by atoms with Crippen molar-refractivity contribution in [3.63, 3.8) is 0 Å². The molecule has 0 aliphatic heterocycles. The number of carbonyl (C=O) groups is 2.